The number of nitrogens with zero attached hydrogens (tertiary/aromatic N) is 2. The summed E-state index contributed by atoms with van der Waals surface area (Å²) in [4.78, 5) is 41.1. The minimum absolute atomic E-state index is 0.0604. The molecule has 170 valence electrons. The fourth-order valence-electron chi connectivity index (χ4n) is 3.10. The van der Waals surface area contributed by atoms with Crippen LogP contribution in [0.15, 0.2) is 33.9 Å². The highest BCUT2D eigenvalue weighted by atomic mass is 16.5. The first-order valence-corrected chi connectivity index (χ1v) is 10.2. The molecule has 0 radical (unpaired) electrons. The molecular weight excluding hydrogens is 400 g/mol. The van der Waals surface area contributed by atoms with Crippen LogP contribution >= 0.6 is 0 Å². The Morgan fingerprint density at radius 3 is 2.58 bits per heavy atom. The molecule has 0 aliphatic heterocycles. The molecule has 0 bridgehead atoms. The van der Waals surface area contributed by atoms with Gasteiger partial charge in [-0.05, 0) is 29.5 Å². The van der Waals surface area contributed by atoms with E-state index in [1.807, 2.05) is 25.1 Å². The molecule has 0 fully saturated rings. The number of H-pyrrole nitrogens is 1. The van der Waals surface area contributed by atoms with E-state index in [1.165, 1.54) is 16.6 Å². The van der Waals surface area contributed by atoms with Crippen molar-refractivity contribution in [3.63, 3.8) is 0 Å². The van der Waals surface area contributed by atoms with Gasteiger partial charge in [0.2, 0.25) is 0 Å². The molecule has 1 aromatic carbocycles. The summed E-state index contributed by atoms with van der Waals surface area (Å²) in [5.41, 5.74) is 5.71. The highest BCUT2D eigenvalue weighted by molar-refractivity contribution is 5.96. The third kappa shape index (κ3) is 5.97. The predicted octanol–water partition coefficient (Wildman–Crippen LogP) is 1.88. The number of nitrogen functional groups attached to an aromatic ring is 1. The molecule has 0 unspecified atom stereocenters. The largest absolute Gasteiger partial charge is 0.484 e. The summed E-state index contributed by atoms with van der Waals surface area (Å²) in [5.74, 6) is 0.0113. The first kappa shape index (κ1) is 24.2. The molecule has 31 heavy (non-hydrogen) atoms. The van der Waals surface area contributed by atoms with Gasteiger partial charge in [-0.1, -0.05) is 39.8 Å². The van der Waals surface area contributed by atoms with Gasteiger partial charge in [0.05, 0.1) is 6.61 Å². The van der Waals surface area contributed by atoms with Crippen molar-refractivity contribution in [2.24, 2.45) is 0 Å². The van der Waals surface area contributed by atoms with Gasteiger partial charge in [-0.3, -0.25) is 24.0 Å². The number of hydrogen-bond acceptors (Lipinski definition) is 6. The highest BCUT2D eigenvalue weighted by Crippen LogP contribution is 2.25. The Morgan fingerprint density at radius 2 is 1.97 bits per heavy atom. The van der Waals surface area contributed by atoms with Gasteiger partial charge in [-0.15, -0.1) is 0 Å². The van der Waals surface area contributed by atoms with E-state index < -0.39 is 17.2 Å². The second kappa shape index (κ2) is 10.3. The van der Waals surface area contributed by atoms with Gasteiger partial charge in [0.25, 0.3) is 11.5 Å². The monoisotopic (exact) mass is 432 g/mol. The molecule has 1 amide bonds. The zero-order valence-electron chi connectivity index (χ0n) is 18.9. The number of nitrogens with two attached hydrogens (primary N) is 1. The van der Waals surface area contributed by atoms with Crippen LogP contribution in [-0.4, -0.2) is 42.3 Å². The summed E-state index contributed by atoms with van der Waals surface area (Å²) in [6.07, 6.45) is 0.634. The second-order valence-electron chi connectivity index (χ2n) is 8.25. The van der Waals surface area contributed by atoms with Crippen LogP contribution in [0.3, 0.4) is 0 Å². The Bertz CT molecular complexity index is 1020. The second-order valence-corrected chi connectivity index (χ2v) is 8.25. The lowest BCUT2D eigenvalue weighted by atomic mass is 9.87. The quantitative estimate of drug-likeness (QED) is 0.624. The van der Waals surface area contributed by atoms with Crippen LogP contribution in [0.4, 0.5) is 11.5 Å². The van der Waals surface area contributed by atoms with E-state index in [2.05, 4.69) is 25.8 Å². The maximum absolute atomic E-state index is 13.0. The third-order valence-corrected chi connectivity index (χ3v) is 4.81. The van der Waals surface area contributed by atoms with E-state index >= 15 is 0 Å². The SMILES string of the molecule is CCCn1c(N)c(N(CCOC)C(=O)COc2cccc(C(C)(C)C)c2)c(=O)[nH]c1=O. The van der Waals surface area contributed by atoms with Crippen LogP contribution in [0.2, 0.25) is 0 Å². The number of aromatic nitrogens is 2. The Morgan fingerprint density at radius 1 is 1.26 bits per heavy atom. The van der Waals surface area contributed by atoms with Crippen LogP contribution in [0, 0.1) is 0 Å². The summed E-state index contributed by atoms with van der Waals surface area (Å²) in [6, 6.07) is 7.52. The Kier molecular flexibility index (Phi) is 8.04. The summed E-state index contributed by atoms with van der Waals surface area (Å²) in [5, 5.41) is 0. The topological polar surface area (TPSA) is 120 Å². The number of benzene rings is 1. The molecule has 9 heteroatoms. The van der Waals surface area contributed by atoms with Crippen molar-refractivity contribution in [1.29, 1.82) is 0 Å². The molecule has 0 spiro atoms. The van der Waals surface area contributed by atoms with Gasteiger partial charge < -0.3 is 15.2 Å². The molecule has 1 heterocycles. The molecule has 0 aliphatic carbocycles. The van der Waals surface area contributed by atoms with Crippen LogP contribution in [0.5, 0.6) is 5.75 Å². The van der Waals surface area contributed by atoms with Crippen LogP contribution in [-0.2, 0) is 21.5 Å². The third-order valence-electron chi connectivity index (χ3n) is 4.81. The predicted molar refractivity (Wildman–Crippen MR) is 121 cm³/mol. The number of anilines is 2. The molecule has 2 aromatic rings. The van der Waals surface area contributed by atoms with Crippen LogP contribution in [0.1, 0.15) is 39.7 Å². The summed E-state index contributed by atoms with van der Waals surface area (Å²) >= 11 is 0. The van der Waals surface area contributed by atoms with Crippen molar-refractivity contribution in [3.05, 3.63) is 50.7 Å². The number of ether oxygens (including phenoxy) is 2. The van der Waals surface area contributed by atoms with Crippen molar-refractivity contribution < 1.29 is 14.3 Å². The summed E-state index contributed by atoms with van der Waals surface area (Å²) < 4.78 is 12.0. The Labute approximate surface area is 181 Å². The molecule has 0 saturated heterocycles. The number of rotatable bonds is 9. The molecule has 0 aliphatic rings. The minimum Gasteiger partial charge on any atom is -0.484 e. The van der Waals surface area contributed by atoms with E-state index in [-0.39, 0.29) is 36.7 Å². The average molecular weight is 433 g/mol. The molecule has 0 saturated carbocycles. The molecule has 0 atom stereocenters. The highest BCUT2D eigenvalue weighted by Gasteiger charge is 2.24. The lowest BCUT2D eigenvalue weighted by Crippen LogP contribution is -2.44. The summed E-state index contributed by atoms with van der Waals surface area (Å²) in [7, 11) is 1.49. The number of nitrogens with one attached hydrogen (secondary N) is 1. The Hall–Kier alpha value is -3.07. The number of hydrogen-bond donors (Lipinski definition) is 2. The van der Waals surface area contributed by atoms with Gasteiger partial charge in [0.15, 0.2) is 12.3 Å². The molecular formula is C22H32N4O5. The fourth-order valence-corrected chi connectivity index (χ4v) is 3.10. The number of methoxy groups -OCH3 is 1. The standard InChI is InChI=1S/C22H32N4O5/c1-6-10-26-19(23)18(20(28)24-21(26)29)25(11-12-30-5)17(27)14-31-16-9-7-8-15(13-16)22(2,3)4/h7-9,13H,6,10-12,14,23H2,1-5H3,(H,24,28,29). The van der Waals surface area contributed by atoms with Gasteiger partial charge in [0.1, 0.15) is 11.6 Å². The van der Waals surface area contributed by atoms with Crippen molar-refractivity contribution in [1.82, 2.24) is 9.55 Å². The normalized spacial score (nSPS) is 11.4. The van der Waals surface area contributed by atoms with Gasteiger partial charge in [-0.25, -0.2) is 4.79 Å². The number of carbonyl (C=O) groups excluding carboxylic acids is 1. The molecule has 1 aromatic heterocycles. The zero-order valence-corrected chi connectivity index (χ0v) is 18.9. The number of aromatic amines is 1. The molecule has 2 rings (SSSR count). The summed E-state index contributed by atoms with van der Waals surface area (Å²) in [6.45, 7) is 8.41. The average Bonchev–Trinajstić information content (AvgIpc) is 2.71. The smallest absolute Gasteiger partial charge is 0.330 e. The van der Waals surface area contributed by atoms with Crippen LogP contribution in [0.25, 0.3) is 0 Å². The maximum Gasteiger partial charge on any atom is 0.330 e. The maximum atomic E-state index is 13.0. The fraction of sp³-hybridized carbons (Fsp3) is 0.500. The first-order chi connectivity index (χ1) is 14.6. The van der Waals surface area contributed by atoms with Gasteiger partial charge in [-0.2, -0.15) is 0 Å². The van der Waals surface area contributed by atoms with Gasteiger partial charge in [0, 0.05) is 20.2 Å². The van der Waals surface area contributed by atoms with E-state index in [0.29, 0.717) is 18.7 Å². The number of amides is 1. The zero-order chi connectivity index (χ0) is 23.2. The van der Waals surface area contributed by atoms with Crippen molar-refractivity contribution >= 4 is 17.4 Å². The van der Waals surface area contributed by atoms with Crippen molar-refractivity contribution in [3.8, 4) is 5.75 Å². The van der Waals surface area contributed by atoms with Crippen molar-refractivity contribution in [2.75, 3.05) is 37.5 Å². The molecule has 3 N–H and O–H groups in total. The van der Waals surface area contributed by atoms with E-state index in [9.17, 15) is 14.4 Å². The van der Waals surface area contributed by atoms with E-state index in [4.69, 9.17) is 15.2 Å². The van der Waals surface area contributed by atoms with Crippen molar-refractivity contribution in [2.45, 2.75) is 46.1 Å². The molecule has 9 nitrogen and oxygen atoms in total. The number of carbonyl (C=O) groups is 1. The minimum atomic E-state index is -0.728. The lowest BCUT2D eigenvalue weighted by Gasteiger charge is -2.24. The van der Waals surface area contributed by atoms with Crippen LogP contribution < -0.4 is 26.6 Å². The lowest BCUT2D eigenvalue weighted by molar-refractivity contribution is -0.120. The van der Waals surface area contributed by atoms with E-state index in [0.717, 1.165) is 5.56 Å². The van der Waals surface area contributed by atoms with Gasteiger partial charge >= 0.3 is 5.69 Å². The Balaban J connectivity index is 2.33. The first-order valence-electron chi connectivity index (χ1n) is 10.2. The van der Waals surface area contributed by atoms with E-state index in [1.54, 1.807) is 6.07 Å².